The zero-order valence-electron chi connectivity index (χ0n) is 18.2. The molecule has 1 aliphatic heterocycles. The van der Waals surface area contributed by atoms with Crippen molar-refractivity contribution < 1.29 is 9.47 Å². The quantitative estimate of drug-likeness (QED) is 0.193. The molecule has 1 fully saturated rings. The van der Waals surface area contributed by atoms with Gasteiger partial charge in [0.1, 0.15) is 0 Å². The fraction of sp³-hybridized carbons (Fsp3) is 0.682. The molecular formula is C22H39IN4O2. The van der Waals surface area contributed by atoms with Crippen molar-refractivity contribution in [3.8, 4) is 0 Å². The van der Waals surface area contributed by atoms with Gasteiger partial charge in [0, 0.05) is 39.4 Å². The normalized spacial score (nSPS) is 17.8. The van der Waals surface area contributed by atoms with Crippen LogP contribution in [0, 0.1) is 0 Å². The van der Waals surface area contributed by atoms with Gasteiger partial charge >= 0.3 is 0 Å². The third-order valence-corrected chi connectivity index (χ3v) is 5.23. The number of rotatable bonds is 12. The van der Waals surface area contributed by atoms with Gasteiger partial charge < -0.3 is 20.1 Å². The maximum absolute atomic E-state index is 5.81. The molecule has 2 unspecified atom stereocenters. The van der Waals surface area contributed by atoms with E-state index in [1.165, 1.54) is 5.56 Å². The molecule has 0 saturated carbocycles. The minimum atomic E-state index is 0. The van der Waals surface area contributed by atoms with E-state index in [9.17, 15) is 0 Å². The van der Waals surface area contributed by atoms with E-state index in [1.54, 1.807) is 0 Å². The summed E-state index contributed by atoms with van der Waals surface area (Å²) in [5.74, 6) is 0.856. The predicted octanol–water partition coefficient (Wildman–Crippen LogP) is 2.92. The highest BCUT2D eigenvalue weighted by Gasteiger charge is 2.17. The number of nitrogens with one attached hydrogen (secondary N) is 2. The van der Waals surface area contributed by atoms with Crippen molar-refractivity contribution in [2.75, 3.05) is 53.0 Å². The molecule has 2 N–H and O–H groups in total. The topological polar surface area (TPSA) is 58.1 Å². The van der Waals surface area contributed by atoms with Crippen LogP contribution in [0.25, 0.3) is 0 Å². The Hall–Kier alpha value is -0.900. The van der Waals surface area contributed by atoms with Gasteiger partial charge in [0.2, 0.25) is 0 Å². The van der Waals surface area contributed by atoms with Gasteiger partial charge in [-0.1, -0.05) is 44.2 Å². The molecule has 1 heterocycles. The van der Waals surface area contributed by atoms with Crippen LogP contribution < -0.4 is 10.6 Å². The van der Waals surface area contributed by atoms with Crippen molar-refractivity contribution in [2.24, 2.45) is 4.99 Å². The van der Waals surface area contributed by atoms with Crippen molar-refractivity contribution in [3.05, 3.63) is 35.9 Å². The van der Waals surface area contributed by atoms with Crippen LogP contribution in [-0.4, -0.2) is 76.1 Å². The molecule has 6 nitrogen and oxygen atoms in total. The number of hydrogen-bond donors (Lipinski definition) is 2. The molecule has 0 aliphatic carbocycles. The van der Waals surface area contributed by atoms with Gasteiger partial charge in [0.05, 0.1) is 12.7 Å². The number of hydrogen-bond acceptors (Lipinski definition) is 4. The number of halogens is 1. The third kappa shape index (κ3) is 10.1. The van der Waals surface area contributed by atoms with Crippen molar-refractivity contribution in [1.29, 1.82) is 0 Å². The number of benzene rings is 1. The molecule has 1 aliphatic rings. The number of likely N-dealkylation sites (N-methyl/N-ethyl adjacent to an activating group) is 1. The van der Waals surface area contributed by atoms with Gasteiger partial charge in [0.25, 0.3) is 0 Å². The van der Waals surface area contributed by atoms with E-state index in [0.717, 1.165) is 71.2 Å². The summed E-state index contributed by atoms with van der Waals surface area (Å²) in [7, 11) is 1.82. The highest BCUT2D eigenvalue weighted by Crippen LogP contribution is 2.09. The molecule has 0 aromatic heterocycles. The molecule has 1 saturated heterocycles. The smallest absolute Gasteiger partial charge is 0.191 e. The minimum absolute atomic E-state index is 0. The molecule has 2 rings (SSSR count). The number of aliphatic imine (C=N–C) groups is 1. The summed E-state index contributed by atoms with van der Waals surface area (Å²) in [6.45, 7) is 10.6. The van der Waals surface area contributed by atoms with E-state index >= 15 is 0 Å². The highest BCUT2D eigenvalue weighted by atomic mass is 127. The first kappa shape index (κ1) is 26.1. The SMILES string of the molecule is CCN(CC)C(CNC(=NC)NCCCOC1CCOC1)Cc1ccccc1.I. The van der Waals surface area contributed by atoms with Crippen LogP contribution in [0.3, 0.4) is 0 Å². The fourth-order valence-corrected chi connectivity index (χ4v) is 3.56. The molecule has 29 heavy (non-hydrogen) atoms. The molecule has 0 spiro atoms. The lowest BCUT2D eigenvalue weighted by Gasteiger charge is -2.30. The Morgan fingerprint density at radius 3 is 2.62 bits per heavy atom. The molecule has 2 atom stereocenters. The van der Waals surface area contributed by atoms with Crippen LogP contribution in [0.1, 0.15) is 32.3 Å². The Balaban J connectivity index is 0.00000420. The Labute approximate surface area is 193 Å². The van der Waals surface area contributed by atoms with Gasteiger partial charge in [-0.05, 0) is 37.9 Å². The summed E-state index contributed by atoms with van der Waals surface area (Å²) in [4.78, 5) is 6.87. The van der Waals surface area contributed by atoms with E-state index in [2.05, 4.69) is 64.7 Å². The van der Waals surface area contributed by atoms with Crippen LogP contribution >= 0.6 is 24.0 Å². The number of ether oxygens (including phenoxy) is 2. The molecular weight excluding hydrogens is 479 g/mol. The Bertz CT molecular complexity index is 549. The molecule has 0 bridgehead atoms. The van der Waals surface area contributed by atoms with Crippen molar-refractivity contribution >= 4 is 29.9 Å². The second-order valence-corrected chi connectivity index (χ2v) is 7.15. The van der Waals surface area contributed by atoms with E-state index < -0.39 is 0 Å². The van der Waals surface area contributed by atoms with Gasteiger partial charge in [-0.2, -0.15) is 0 Å². The Morgan fingerprint density at radius 2 is 2.00 bits per heavy atom. The summed E-state index contributed by atoms with van der Waals surface area (Å²) in [5.41, 5.74) is 1.37. The van der Waals surface area contributed by atoms with Crippen LogP contribution in [0.4, 0.5) is 0 Å². The minimum Gasteiger partial charge on any atom is -0.379 e. The lowest BCUT2D eigenvalue weighted by atomic mass is 10.0. The second-order valence-electron chi connectivity index (χ2n) is 7.15. The zero-order chi connectivity index (χ0) is 20.0. The fourth-order valence-electron chi connectivity index (χ4n) is 3.56. The first-order valence-corrected chi connectivity index (χ1v) is 10.7. The van der Waals surface area contributed by atoms with Crippen molar-refractivity contribution in [3.63, 3.8) is 0 Å². The van der Waals surface area contributed by atoms with E-state index in [1.807, 2.05) is 7.05 Å². The van der Waals surface area contributed by atoms with Gasteiger partial charge in [-0.3, -0.25) is 9.89 Å². The lowest BCUT2D eigenvalue weighted by Crippen LogP contribution is -2.48. The third-order valence-electron chi connectivity index (χ3n) is 5.23. The predicted molar refractivity (Wildman–Crippen MR) is 131 cm³/mol. The van der Waals surface area contributed by atoms with Crippen molar-refractivity contribution in [2.45, 2.75) is 45.3 Å². The average molecular weight is 518 g/mol. The maximum Gasteiger partial charge on any atom is 0.191 e. The van der Waals surface area contributed by atoms with Crippen LogP contribution in [0.5, 0.6) is 0 Å². The highest BCUT2D eigenvalue weighted by molar-refractivity contribution is 14.0. The zero-order valence-corrected chi connectivity index (χ0v) is 20.6. The molecule has 166 valence electrons. The summed E-state index contributed by atoms with van der Waals surface area (Å²) in [6, 6.07) is 11.1. The monoisotopic (exact) mass is 518 g/mol. The largest absolute Gasteiger partial charge is 0.379 e. The van der Waals surface area contributed by atoms with Gasteiger partial charge in [-0.25, -0.2) is 0 Å². The van der Waals surface area contributed by atoms with E-state index in [-0.39, 0.29) is 30.1 Å². The molecule has 0 radical (unpaired) electrons. The summed E-state index contributed by atoms with van der Waals surface area (Å²) < 4.78 is 11.1. The molecule has 1 aromatic carbocycles. The van der Waals surface area contributed by atoms with Gasteiger partial charge in [0.15, 0.2) is 5.96 Å². The van der Waals surface area contributed by atoms with E-state index in [4.69, 9.17) is 9.47 Å². The van der Waals surface area contributed by atoms with Crippen LogP contribution in [-0.2, 0) is 15.9 Å². The van der Waals surface area contributed by atoms with Crippen LogP contribution in [0.15, 0.2) is 35.3 Å². The number of nitrogens with zero attached hydrogens (tertiary/aromatic N) is 2. The Kier molecular flexibility index (Phi) is 14.3. The Morgan fingerprint density at radius 1 is 1.24 bits per heavy atom. The van der Waals surface area contributed by atoms with E-state index in [0.29, 0.717) is 6.04 Å². The second kappa shape index (κ2) is 15.9. The standard InChI is InChI=1S/C22H38N4O2.HI/c1-4-26(5-2)20(16-19-10-7-6-8-11-19)17-25-22(23-3)24-13-9-14-28-21-12-15-27-18-21;/h6-8,10-11,20-21H,4-5,9,12-18H2,1-3H3,(H2,23,24,25);1H. The maximum atomic E-state index is 5.81. The summed E-state index contributed by atoms with van der Waals surface area (Å²) in [6.07, 6.45) is 3.29. The lowest BCUT2D eigenvalue weighted by molar-refractivity contribution is 0.0420. The van der Waals surface area contributed by atoms with Crippen LogP contribution in [0.2, 0.25) is 0 Å². The summed E-state index contributed by atoms with van der Waals surface area (Å²) >= 11 is 0. The number of guanidine groups is 1. The first-order valence-electron chi connectivity index (χ1n) is 10.7. The first-order chi connectivity index (χ1) is 13.8. The van der Waals surface area contributed by atoms with Crippen molar-refractivity contribution in [1.82, 2.24) is 15.5 Å². The summed E-state index contributed by atoms with van der Waals surface area (Å²) in [5, 5.41) is 6.91. The van der Waals surface area contributed by atoms with Gasteiger partial charge in [-0.15, -0.1) is 24.0 Å². The molecule has 1 aromatic rings. The average Bonchev–Trinajstić information content (AvgIpc) is 3.25. The molecule has 7 heteroatoms. The molecule has 0 amide bonds.